The minimum atomic E-state index is -0.397. The van der Waals surface area contributed by atoms with Crippen LogP contribution in [0.25, 0.3) is 0 Å². The van der Waals surface area contributed by atoms with Crippen molar-refractivity contribution >= 4 is 40.6 Å². The molecule has 138 valence electrons. The zero-order valence-electron chi connectivity index (χ0n) is 14.1. The number of carbonyl (C=O) groups excluding carboxylic acids is 2. The summed E-state index contributed by atoms with van der Waals surface area (Å²) in [7, 11) is 0. The average molecular weight is 394 g/mol. The second-order valence-electron chi connectivity index (χ2n) is 5.95. The molecule has 1 saturated heterocycles. The van der Waals surface area contributed by atoms with Gasteiger partial charge in [0.05, 0.1) is 22.3 Å². The van der Waals surface area contributed by atoms with Crippen LogP contribution in [0, 0.1) is 0 Å². The number of nitrogens with zero attached hydrogens (tertiary/aromatic N) is 2. The van der Waals surface area contributed by atoms with Crippen molar-refractivity contribution in [2.24, 2.45) is 5.73 Å². The van der Waals surface area contributed by atoms with Gasteiger partial charge in [0.2, 0.25) is 0 Å². The smallest absolute Gasteiger partial charge is 0.414 e. The summed E-state index contributed by atoms with van der Waals surface area (Å²) in [5, 5.41) is 0. The van der Waals surface area contributed by atoms with E-state index in [1.807, 2.05) is 30.3 Å². The van der Waals surface area contributed by atoms with Crippen molar-refractivity contribution in [2.75, 3.05) is 31.1 Å². The van der Waals surface area contributed by atoms with Crippen LogP contribution in [0.4, 0.5) is 10.5 Å². The highest BCUT2D eigenvalue weighted by molar-refractivity contribution is 7.17. The minimum absolute atomic E-state index is 0.121. The van der Waals surface area contributed by atoms with E-state index in [1.165, 1.54) is 11.3 Å². The monoisotopic (exact) mass is 393 g/mol. The van der Waals surface area contributed by atoms with Crippen LogP contribution in [0.1, 0.15) is 16.1 Å². The molecule has 1 aromatic carbocycles. The van der Waals surface area contributed by atoms with E-state index >= 15 is 0 Å². The van der Waals surface area contributed by atoms with E-state index < -0.39 is 6.09 Å². The second kappa shape index (κ2) is 8.53. The van der Waals surface area contributed by atoms with Crippen molar-refractivity contribution in [3.05, 3.63) is 51.7 Å². The molecule has 1 fully saturated rings. The van der Waals surface area contributed by atoms with Gasteiger partial charge < -0.3 is 15.4 Å². The maximum absolute atomic E-state index is 12.8. The number of amides is 2. The number of carbonyl (C=O) groups is 2. The molecule has 0 radical (unpaired) electrons. The predicted molar refractivity (Wildman–Crippen MR) is 103 cm³/mol. The van der Waals surface area contributed by atoms with Gasteiger partial charge in [0.25, 0.3) is 5.91 Å². The van der Waals surface area contributed by atoms with Crippen LogP contribution in [0.2, 0.25) is 4.34 Å². The topological polar surface area (TPSA) is 75.9 Å². The Bertz CT molecular complexity index is 768. The fourth-order valence-corrected chi connectivity index (χ4v) is 3.84. The first-order chi connectivity index (χ1) is 12.6. The van der Waals surface area contributed by atoms with Crippen LogP contribution in [0.3, 0.4) is 0 Å². The fraction of sp³-hybridized carbons (Fsp3) is 0.333. The van der Waals surface area contributed by atoms with Crippen LogP contribution in [-0.2, 0) is 4.74 Å². The van der Waals surface area contributed by atoms with E-state index in [0.29, 0.717) is 41.8 Å². The van der Waals surface area contributed by atoms with Crippen molar-refractivity contribution in [3.63, 3.8) is 0 Å². The molecule has 0 aliphatic carbocycles. The van der Waals surface area contributed by atoms with Crippen LogP contribution >= 0.6 is 22.9 Å². The van der Waals surface area contributed by atoms with E-state index in [-0.39, 0.29) is 12.0 Å². The summed E-state index contributed by atoms with van der Waals surface area (Å²) in [6.45, 7) is 1.71. The van der Waals surface area contributed by atoms with Crippen LogP contribution in [-0.4, -0.2) is 49.2 Å². The maximum atomic E-state index is 12.8. The Labute approximate surface area is 161 Å². The van der Waals surface area contributed by atoms with Gasteiger partial charge in [0, 0.05) is 12.2 Å². The number of para-hydroxylation sites is 1. The molecule has 2 N–H and O–H groups in total. The van der Waals surface area contributed by atoms with Crippen molar-refractivity contribution in [3.8, 4) is 0 Å². The number of benzene rings is 1. The normalized spacial score (nSPS) is 16.6. The minimum Gasteiger partial charge on any atom is -0.442 e. The first-order valence-corrected chi connectivity index (χ1v) is 9.56. The molecule has 2 aromatic rings. The number of ether oxygens (including phenoxy) is 1. The molecule has 1 unspecified atom stereocenters. The molecule has 8 heteroatoms. The Kier molecular flexibility index (Phi) is 6.13. The molecule has 6 nitrogen and oxygen atoms in total. The molecule has 26 heavy (non-hydrogen) atoms. The van der Waals surface area contributed by atoms with E-state index in [2.05, 4.69) is 0 Å². The van der Waals surface area contributed by atoms with Gasteiger partial charge in [-0.05, 0) is 37.2 Å². The van der Waals surface area contributed by atoms with Gasteiger partial charge in [0.15, 0.2) is 0 Å². The third kappa shape index (κ3) is 4.35. The molecule has 0 bridgehead atoms. The van der Waals surface area contributed by atoms with Gasteiger partial charge in [-0.2, -0.15) is 0 Å². The lowest BCUT2D eigenvalue weighted by Crippen LogP contribution is -2.40. The molecule has 2 heterocycles. The van der Waals surface area contributed by atoms with E-state index in [4.69, 9.17) is 22.1 Å². The lowest BCUT2D eigenvalue weighted by atomic mass is 10.2. The van der Waals surface area contributed by atoms with Crippen molar-refractivity contribution in [1.82, 2.24) is 4.90 Å². The first kappa shape index (κ1) is 18.7. The predicted octanol–water partition coefficient (Wildman–Crippen LogP) is 3.22. The highest BCUT2D eigenvalue weighted by Crippen LogP contribution is 2.25. The standard InChI is InChI=1S/C18H20ClN3O3S/c19-16-8-7-15(26-16)17(23)21(10-4-9-20)11-14-12-22(18(24)25-14)13-5-2-1-3-6-13/h1-3,5-8,14H,4,9-12,20H2. The lowest BCUT2D eigenvalue weighted by Gasteiger charge is -2.24. The van der Waals surface area contributed by atoms with Gasteiger partial charge >= 0.3 is 6.09 Å². The molecule has 0 saturated carbocycles. The summed E-state index contributed by atoms with van der Waals surface area (Å²) in [5.41, 5.74) is 6.38. The summed E-state index contributed by atoms with van der Waals surface area (Å²) >= 11 is 7.18. The summed E-state index contributed by atoms with van der Waals surface area (Å²) in [6.07, 6.45) is -0.111. The Balaban J connectivity index is 1.69. The Morgan fingerprint density at radius 1 is 1.31 bits per heavy atom. The first-order valence-electron chi connectivity index (χ1n) is 8.36. The summed E-state index contributed by atoms with van der Waals surface area (Å²) in [6, 6.07) is 12.8. The molecule has 0 spiro atoms. The third-order valence-electron chi connectivity index (χ3n) is 4.07. The molecule has 1 aromatic heterocycles. The average Bonchev–Trinajstić information content (AvgIpc) is 3.24. The highest BCUT2D eigenvalue weighted by atomic mass is 35.5. The van der Waals surface area contributed by atoms with Crippen molar-refractivity contribution in [1.29, 1.82) is 0 Å². The second-order valence-corrected chi connectivity index (χ2v) is 7.66. The molecule has 1 aliphatic heterocycles. The molecule has 3 rings (SSSR count). The summed E-state index contributed by atoms with van der Waals surface area (Å²) in [5.74, 6) is -0.121. The molecule has 1 atom stereocenters. The van der Waals surface area contributed by atoms with E-state index in [0.717, 1.165) is 5.69 Å². The zero-order valence-corrected chi connectivity index (χ0v) is 15.7. The number of cyclic esters (lactones) is 1. The van der Waals surface area contributed by atoms with Gasteiger partial charge in [-0.1, -0.05) is 29.8 Å². The molecule has 2 amide bonds. The molecular formula is C18H20ClN3O3S. The molecular weight excluding hydrogens is 374 g/mol. The van der Waals surface area contributed by atoms with Crippen LogP contribution in [0.5, 0.6) is 0 Å². The SMILES string of the molecule is NCCCN(CC1CN(c2ccccc2)C(=O)O1)C(=O)c1ccc(Cl)s1. The quantitative estimate of drug-likeness (QED) is 0.783. The van der Waals surface area contributed by atoms with Gasteiger partial charge in [-0.25, -0.2) is 4.79 Å². The fourth-order valence-electron chi connectivity index (χ4n) is 2.82. The number of hydrogen-bond acceptors (Lipinski definition) is 5. The number of nitrogens with two attached hydrogens (primary N) is 1. The van der Waals surface area contributed by atoms with E-state index in [9.17, 15) is 9.59 Å². The maximum Gasteiger partial charge on any atom is 0.414 e. The number of thiophene rings is 1. The highest BCUT2D eigenvalue weighted by Gasteiger charge is 2.34. The van der Waals surface area contributed by atoms with Gasteiger partial charge in [-0.15, -0.1) is 11.3 Å². The number of halogens is 1. The van der Waals surface area contributed by atoms with Crippen molar-refractivity contribution in [2.45, 2.75) is 12.5 Å². The lowest BCUT2D eigenvalue weighted by molar-refractivity contribution is 0.0643. The van der Waals surface area contributed by atoms with Gasteiger partial charge in [-0.3, -0.25) is 9.69 Å². The summed E-state index contributed by atoms with van der Waals surface area (Å²) < 4.78 is 6.03. The Morgan fingerprint density at radius 3 is 2.73 bits per heavy atom. The van der Waals surface area contributed by atoms with Crippen LogP contribution < -0.4 is 10.6 Å². The number of anilines is 1. The van der Waals surface area contributed by atoms with Crippen LogP contribution in [0.15, 0.2) is 42.5 Å². The third-order valence-corrected chi connectivity index (χ3v) is 5.29. The number of rotatable bonds is 7. The zero-order chi connectivity index (χ0) is 18.5. The largest absolute Gasteiger partial charge is 0.442 e. The Hall–Kier alpha value is -2.09. The number of hydrogen-bond donors (Lipinski definition) is 1. The summed E-state index contributed by atoms with van der Waals surface area (Å²) in [4.78, 5) is 28.8. The van der Waals surface area contributed by atoms with E-state index in [1.54, 1.807) is 21.9 Å². The Morgan fingerprint density at radius 2 is 2.08 bits per heavy atom. The van der Waals surface area contributed by atoms with Gasteiger partial charge in [0.1, 0.15) is 6.10 Å². The molecule has 1 aliphatic rings. The van der Waals surface area contributed by atoms with Crippen molar-refractivity contribution < 1.29 is 14.3 Å².